The van der Waals surface area contributed by atoms with Crippen LogP contribution < -0.4 is 0 Å². The van der Waals surface area contributed by atoms with Crippen LogP contribution in [0.15, 0.2) is 0 Å². The van der Waals surface area contributed by atoms with E-state index in [9.17, 15) is 9.59 Å². The van der Waals surface area contributed by atoms with Crippen LogP contribution in [0.3, 0.4) is 0 Å². The summed E-state index contributed by atoms with van der Waals surface area (Å²) < 4.78 is 10.0. The molecule has 1 fully saturated rings. The Morgan fingerprint density at radius 3 is 1.81 bits per heavy atom. The van der Waals surface area contributed by atoms with Crippen molar-refractivity contribution >= 4 is 19.1 Å². The molecule has 0 aromatic rings. The van der Waals surface area contributed by atoms with Gasteiger partial charge in [-0.3, -0.25) is 14.5 Å². The predicted molar refractivity (Wildman–Crippen MR) is 59.7 cm³/mol. The summed E-state index contributed by atoms with van der Waals surface area (Å²) in [6.07, 6.45) is 1.23. The summed E-state index contributed by atoms with van der Waals surface area (Å²) in [5.74, 6) is -0.660. The largest absolute Gasteiger partial charge is 0.595 e. The van der Waals surface area contributed by atoms with Crippen molar-refractivity contribution in [3.05, 3.63) is 0 Å². The van der Waals surface area contributed by atoms with E-state index in [1.807, 2.05) is 13.8 Å². The highest BCUT2D eigenvalue weighted by Crippen LogP contribution is 2.16. The Morgan fingerprint density at radius 2 is 1.50 bits per heavy atom. The highest BCUT2D eigenvalue weighted by molar-refractivity contribution is 6.47. The SMILES string of the molecule is CC[C@@H]1C(=O)OB(C)OC(=O)[C@H](CC)N1C. The van der Waals surface area contributed by atoms with Gasteiger partial charge in [-0.2, -0.15) is 0 Å². The Morgan fingerprint density at radius 1 is 1.12 bits per heavy atom. The summed E-state index contributed by atoms with van der Waals surface area (Å²) in [5.41, 5.74) is 0. The van der Waals surface area contributed by atoms with Gasteiger partial charge in [-0.25, -0.2) is 0 Å². The lowest BCUT2D eigenvalue weighted by atomic mass is 9.93. The first-order valence-electron chi connectivity index (χ1n) is 5.64. The van der Waals surface area contributed by atoms with Crippen LogP contribution in [-0.2, 0) is 18.9 Å². The number of hydrogen-bond acceptors (Lipinski definition) is 5. The Hall–Kier alpha value is -1.04. The molecule has 0 radical (unpaired) electrons. The van der Waals surface area contributed by atoms with Crippen molar-refractivity contribution in [1.82, 2.24) is 4.90 Å². The molecule has 1 aliphatic rings. The zero-order valence-corrected chi connectivity index (χ0v) is 10.2. The fourth-order valence-electron chi connectivity index (χ4n) is 1.97. The molecular formula is C10H18BNO4. The first kappa shape index (κ1) is 13.0. The van der Waals surface area contributed by atoms with Gasteiger partial charge in [-0.1, -0.05) is 13.8 Å². The van der Waals surface area contributed by atoms with Crippen LogP contribution in [0.4, 0.5) is 0 Å². The van der Waals surface area contributed by atoms with Crippen LogP contribution in [0, 0.1) is 0 Å². The molecule has 1 aliphatic heterocycles. The average Bonchev–Trinajstić information content (AvgIpc) is 2.17. The topological polar surface area (TPSA) is 55.8 Å². The van der Waals surface area contributed by atoms with Gasteiger partial charge >= 0.3 is 19.1 Å². The van der Waals surface area contributed by atoms with Crippen molar-refractivity contribution in [2.45, 2.75) is 45.6 Å². The van der Waals surface area contributed by atoms with Crippen molar-refractivity contribution in [1.29, 1.82) is 0 Å². The maximum Gasteiger partial charge on any atom is 0.595 e. The highest BCUT2D eigenvalue weighted by atomic mass is 16.6. The van der Waals surface area contributed by atoms with E-state index in [4.69, 9.17) is 9.31 Å². The average molecular weight is 227 g/mol. The third kappa shape index (κ3) is 2.55. The Kier molecular flexibility index (Phi) is 4.35. The van der Waals surface area contributed by atoms with Crippen LogP contribution >= 0.6 is 0 Å². The number of likely N-dealkylation sites (N-methyl/N-ethyl adjacent to an activating group) is 1. The molecule has 2 atom stereocenters. The van der Waals surface area contributed by atoms with E-state index in [0.29, 0.717) is 12.8 Å². The smallest absolute Gasteiger partial charge is 0.498 e. The van der Waals surface area contributed by atoms with Gasteiger partial charge in [0.25, 0.3) is 0 Å². The van der Waals surface area contributed by atoms with Gasteiger partial charge in [0.2, 0.25) is 0 Å². The van der Waals surface area contributed by atoms with Gasteiger partial charge in [-0.05, 0) is 26.7 Å². The van der Waals surface area contributed by atoms with Gasteiger partial charge in [0.1, 0.15) is 12.1 Å². The van der Waals surface area contributed by atoms with E-state index < -0.39 is 7.12 Å². The number of nitrogens with zero attached hydrogens (tertiary/aromatic N) is 1. The number of rotatable bonds is 2. The molecule has 0 bridgehead atoms. The van der Waals surface area contributed by atoms with Crippen molar-refractivity contribution < 1.29 is 18.9 Å². The minimum atomic E-state index is -0.795. The lowest BCUT2D eigenvalue weighted by Gasteiger charge is -2.34. The molecule has 90 valence electrons. The molecule has 6 heteroatoms. The molecule has 0 aromatic heterocycles. The van der Waals surface area contributed by atoms with Gasteiger partial charge in [0, 0.05) is 0 Å². The second kappa shape index (κ2) is 5.34. The summed E-state index contributed by atoms with van der Waals surface area (Å²) in [4.78, 5) is 25.2. The fraction of sp³-hybridized carbons (Fsp3) is 0.800. The third-order valence-corrected chi connectivity index (χ3v) is 2.87. The van der Waals surface area contributed by atoms with Crippen molar-refractivity contribution in [3.8, 4) is 0 Å². The normalized spacial score (nSPS) is 28.1. The van der Waals surface area contributed by atoms with Crippen molar-refractivity contribution in [2.75, 3.05) is 7.05 Å². The lowest BCUT2D eigenvalue weighted by molar-refractivity contribution is -0.154. The molecule has 0 spiro atoms. The minimum absolute atomic E-state index is 0.330. The number of carbonyl (C=O) groups excluding carboxylic acids is 2. The summed E-state index contributed by atoms with van der Waals surface area (Å²) >= 11 is 0. The molecule has 0 aromatic carbocycles. The molecule has 16 heavy (non-hydrogen) atoms. The maximum atomic E-state index is 11.7. The van der Waals surface area contributed by atoms with Gasteiger partial charge in [0.15, 0.2) is 0 Å². The summed E-state index contributed by atoms with van der Waals surface area (Å²) in [7, 11) is 0.956. The van der Waals surface area contributed by atoms with Crippen LogP contribution in [0.1, 0.15) is 26.7 Å². The first-order chi connectivity index (χ1) is 7.51. The zero-order chi connectivity index (χ0) is 12.3. The number of hydrogen-bond donors (Lipinski definition) is 0. The molecule has 0 aliphatic carbocycles. The number of carbonyl (C=O) groups is 2. The van der Waals surface area contributed by atoms with E-state index in [1.165, 1.54) is 0 Å². The van der Waals surface area contributed by atoms with Gasteiger partial charge in [-0.15, -0.1) is 0 Å². The standard InChI is InChI=1S/C10H18BNO4/c1-5-7-9(13)15-11(3)16-10(14)8(6-2)12(7)4/h7-8H,5-6H2,1-4H3/t7-,8+. The first-order valence-corrected chi connectivity index (χ1v) is 5.64. The quantitative estimate of drug-likeness (QED) is 0.649. The van der Waals surface area contributed by atoms with Crippen LogP contribution in [-0.4, -0.2) is 43.1 Å². The maximum absolute atomic E-state index is 11.7. The fourth-order valence-corrected chi connectivity index (χ4v) is 1.97. The molecule has 0 amide bonds. The van der Waals surface area contributed by atoms with E-state index in [-0.39, 0.29) is 24.0 Å². The molecule has 0 unspecified atom stereocenters. The van der Waals surface area contributed by atoms with Gasteiger partial charge in [0.05, 0.1) is 0 Å². The van der Waals surface area contributed by atoms with E-state index in [0.717, 1.165) is 0 Å². The summed E-state index contributed by atoms with van der Waals surface area (Å²) in [5, 5.41) is 0. The zero-order valence-electron chi connectivity index (χ0n) is 10.2. The van der Waals surface area contributed by atoms with Crippen LogP contribution in [0.2, 0.25) is 6.82 Å². The second-order valence-corrected chi connectivity index (χ2v) is 3.95. The summed E-state index contributed by atoms with van der Waals surface area (Å²) in [6.45, 7) is 5.35. The van der Waals surface area contributed by atoms with E-state index in [1.54, 1.807) is 18.8 Å². The summed E-state index contributed by atoms with van der Waals surface area (Å²) in [6, 6.07) is -0.750. The molecule has 0 saturated carbocycles. The molecule has 1 heterocycles. The minimum Gasteiger partial charge on any atom is -0.498 e. The van der Waals surface area contributed by atoms with E-state index >= 15 is 0 Å². The highest BCUT2D eigenvalue weighted by Gasteiger charge is 2.38. The Balaban J connectivity index is 2.94. The Bertz CT molecular complexity index is 258. The molecular weight excluding hydrogens is 209 g/mol. The lowest BCUT2D eigenvalue weighted by Crippen LogP contribution is -2.53. The van der Waals surface area contributed by atoms with E-state index in [2.05, 4.69) is 0 Å². The van der Waals surface area contributed by atoms with Crippen LogP contribution in [0.25, 0.3) is 0 Å². The van der Waals surface area contributed by atoms with Gasteiger partial charge < -0.3 is 9.31 Å². The molecule has 1 saturated heterocycles. The van der Waals surface area contributed by atoms with Crippen molar-refractivity contribution in [3.63, 3.8) is 0 Å². The Labute approximate surface area is 96.2 Å². The van der Waals surface area contributed by atoms with Crippen LogP contribution in [0.5, 0.6) is 0 Å². The van der Waals surface area contributed by atoms with Crippen molar-refractivity contribution in [2.24, 2.45) is 0 Å². The molecule has 5 nitrogen and oxygen atoms in total. The predicted octanol–water partition coefficient (Wildman–Crippen LogP) is 0.693. The monoisotopic (exact) mass is 227 g/mol. The molecule has 0 N–H and O–H groups in total. The second-order valence-electron chi connectivity index (χ2n) is 3.95. The molecule has 1 rings (SSSR count). The third-order valence-electron chi connectivity index (χ3n) is 2.87.